The molecule has 0 aliphatic heterocycles. The van der Waals surface area contributed by atoms with E-state index >= 15 is 0 Å². The molecular weight excluding hydrogens is 160 g/mol. The van der Waals surface area contributed by atoms with Gasteiger partial charge in [-0.25, -0.2) is 0 Å². The number of hydrogen-bond acceptors (Lipinski definition) is 2. The van der Waals surface area contributed by atoms with Gasteiger partial charge in [-0.3, -0.25) is 0 Å². The predicted octanol–water partition coefficient (Wildman–Crippen LogP) is 1.78. The molecule has 0 amide bonds. The highest BCUT2D eigenvalue weighted by atomic mass is 14.7. The van der Waals surface area contributed by atoms with Gasteiger partial charge in [-0.1, -0.05) is 12.1 Å². The molecule has 0 radical (unpaired) electrons. The van der Waals surface area contributed by atoms with E-state index in [0.29, 0.717) is 0 Å². The summed E-state index contributed by atoms with van der Waals surface area (Å²) in [7, 11) is 0. The van der Waals surface area contributed by atoms with Crippen molar-refractivity contribution >= 4 is 5.69 Å². The highest BCUT2D eigenvalue weighted by molar-refractivity contribution is 5.59. The maximum atomic E-state index is 6.06. The number of anilines is 1. The van der Waals surface area contributed by atoms with Crippen molar-refractivity contribution in [2.45, 2.75) is 32.2 Å². The maximum absolute atomic E-state index is 6.06. The van der Waals surface area contributed by atoms with Crippen LogP contribution < -0.4 is 11.5 Å². The van der Waals surface area contributed by atoms with Gasteiger partial charge in [0.2, 0.25) is 0 Å². The molecule has 1 aromatic carbocycles. The van der Waals surface area contributed by atoms with Crippen LogP contribution in [0.25, 0.3) is 0 Å². The fourth-order valence-electron chi connectivity index (χ4n) is 2.11. The number of fused-ring (bicyclic) bond motifs is 1. The summed E-state index contributed by atoms with van der Waals surface area (Å²) in [6, 6.07) is 4.30. The Bertz CT molecular complexity index is 329. The van der Waals surface area contributed by atoms with Crippen LogP contribution in [0.2, 0.25) is 0 Å². The van der Waals surface area contributed by atoms with Crippen LogP contribution in [0, 0.1) is 0 Å². The van der Waals surface area contributed by atoms with Crippen molar-refractivity contribution in [1.82, 2.24) is 0 Å². The topological polar surface area (TPSA) is 52.0 Å². The van der Waals surface area contributed by atoms with Gasteiger partial charge < -0.3 is 11.5 Å². The fraction of sp³-hybridized carbons (Fsp3) is 0.455. The SMILES string of the molecule is C[C@@H](N)c1ccc2c(c1N)CCC2. The zero-order valence-electron chi connectivity index (χ0n) is 8.01. The molecule has 0 unspecified atom stereocenters. The van der Waals surface area contributed by atoms with E-state index in [4.69, 9.17) is 11.5 Å². The van der Waals surface area contributed by atoms with Crippen molar-refractivity contribution < 1.29 is 0 Å². The third-order valence-corrected chi connectivity index (χ3v) is 2.85. The normalized spacial score (nSPS) is 17.1. The van der Waals surface area contributed by atoms with Crippen LogP contribution in [0.15, 0.2) is 12.1 Å². The largest absolute Gasteiger partial charge is 0.398 e. The van der Waals surface area contributed by atoms with Gasteiger partial charge >= 0.3 is 0 Å². The molecule has 0 saturated heterocycles. The molecule has 0 fully saturated rings. The van der Waals surface area contributed by atoms with Gasteiger partial charge in [-0.15, -0.1) is 0 Å². The zero-order valence-corrected chi connectivity index (χ0v) is 8.01. The maximum Gasteiger partial charge on any atom is 0.0397 e. The third-order valence-electron chi connectivity index (χ3n) is 2.85. The monoisotopic (exact) mass is 176 g/mol. The van der Waals surface area contributed by atoms with Crippen LogP contribution in [-0.4, -0.2) is 0 Å². The Kier molecular flexibility index (Phi) is 2.00. The second-order valence-electron chi connectivity index (χ2n) is 3.85. The summed E-state index contributed by atoms with van der Waals surface area (Å²) in [4.78, 5) is 0. The van der Waals surface area contributed by atoms with E-state index in [9.17, 15) is 0 Å². The smallest absolute Gasteiger partial charge is 0.0397 e. The van der Waals surface area contributed by atoms with Crippen molar-refractivity contribution in [3.05, 3.63) is 28.8 Å². The van der Waals surface area contributed by atoms with E-state index in [1.807, 2.05) is 6.92 Å². The zero-order chi connectivity index (χ0) is 9.42. The predicted molar refractivity (Wildman–Crippen MR) is 55.5 cm³/mol. The first-order valence-electron chi connectivity index (χ1n) is 4.86. The second kappa shape index (κ2) is 3.04. The van der Waals surface area contributed by atoms with Gasteiger partial charge in [0.25, 0.3) is 0 Å². The lowest BCUT2D eigenvalue weighted by Crippen LogP contribution is -2.09. The first-order valence-corrected chi connectivity index (χ1v) is 4.86. The number of nitrogens with two attached hydrogens (primary N) is 2. The van der Waals surface area contributed by atoms with Gasteiger partial charge in [0, 0.05) is 11.7 Å². The molecule has 0 saturated carbocycles. The van der Waals surface area contributed by atoms with E-state index in [-0.39, 0.29) is 6.04 Å². The quantitative estimate of drug-likeness (QED) is 0.641. The van der Waals surface area contributed by atoms with Crippen molar-refractivity contribution in [2.75, 3.05) is 5.73 Å². The van der Waals surface area contributed by atoms with Gasteiger partial charge in [0.1, 0.15) is 0 Å². The molecule has 1 atom stereocenters. The highest BCUT2D eigenvalue weighted by Gasteiger charge is 2.16. The molecule has 1 aliphatic rings. The standard InChI is InChI=1S/C11H16N2/c1-7(12)9-6-5-8-3-2-4-10(8)11(9)13/h5-7H,2-4,12-13H2,1H3/t7-/m1/s1. The Morgan fingerprint density at radius 1 is 1.31 bits per heavy atom. The first kappa shape index (κ1) is 8.57. The van der Waals surface area contributed by atoms with Gasteiger partial charge in [0.15, 0.2) is 0 Å². The van der Waals surface area contributed by atoms with Crippen LogP contribution in [-0.2, 0) is 12.8 Å². The van der Waals surface area contributed by atoms with E-state index in [1.165, 1.54) is 24.0 Å². The minimum Gasteiger partial charge on any atom is -0.398 e. The minimum atomic E-state index is 0.0471. The van der Waals surface area contributed by atoms with Crippen molar-refractivity contribution in [3.8, 4) is 0 Å². The summed E-state index contributed by atoms with van der Waals surface area (Å²) in [5, 5.41) is 0. The lowest BCUT2D eigenvalue weighted by atomic mass is 9.99. The van der Waals surface area contributed by atoms with Crippen LogP contribution in [0.5, 0.6) is 0 Å². The number of nitrogen functional groups attached to an aromatic ring is 1. The van der Waals surface area contributed by atoms with Gasteiger partial charge in [-0.2, -0.15) is 0 Å². The summed E-state index contributed by atoms with van der Waals surface area (Å²) in [6.07, 6.45) is 3.54. The summed E-state index contributed by atoms with van der Waals surface area (Å²) in [5.74, 6) is 0. The Hall–Kier alpha value is -1.02. The number of hydrogen-bond donors (Lipinski definition) is 2. The molecule has 70 valence electrons. The highest BCUT2D eigenvalue weighted by Crippen LogP contribution is 2.31. The van der Waals surface area contributed by atoms with E-state index in [2.05, 4.69) is 12.1 Å². The number of benzene rings is 1. The Balaban J connectivity index is 2.52. The molecular formula is C11H16N2. The van der Waals surface area contributed by atoms with Gasteiger partial charge in [-0.05, 0) is 42.9 Å². The summed E-state index contributed by atoms with van der Waals surface area (Å²) in [6.45, 7) is 1.98. The van der Waals surface area contributed by atoms with Crippen LogP contribution in [0.3, 0.4) is 0 Å². The molecule has 4 N–H and O–H groups in total. The molecule has 1 aliphatic carbocycles. The van der Waals surface area contributed by atoms with Crippen LogP contribution >= 0.6 is 0 Å². The average Bonchev–Trinajstić information content (AvgIpc) is 2.52. The van der Waals surface area contributed by atoms with E-state index < -0.39 is 0 Å². The lowest BCUT2D eigenvalue weighted by Gasteiger charge is -2.13. The Morgan fingerprint density at radius 2 is 2.08 bits per heavy atom. The summed E-state index contributed by atoms with van der Waals surface area (Å²) >= 11 is 0. The minimum absolute atomic E-state index is 0.0471. The molecule has 2 nitrogen and oxygen atoms in total. The summed E-state index contributed by atoms with van der Waals surface area (Å²) < 4.78 is 0. The molecule has 0 aromatic heterocycles. The van der Waals surface area contributed by atoms with Crippen molar-refractivity contribution in [3.63, 3.8) is 0 Å². The summed E-state index contributed by atoms with van der Waals surface area (Å²) in [5.41, 5.74) is 16.7. The van der Waals surface area contributed by atoms with Crippen LogP contribution in [0.4, 0.5) is 5.69 Å². The average molecular weight is 176 g/mol. The molecule has 1 aromatic rings. The third kappa shape index (κ3) is 1.31. The molecule has 2 heteroatoms. The Labute approximate surface area is 78.9 Å². The van der Waals surface area contributed by atoms with Gasteiger partial charge in [0.05, 0.1) is 0 Å². The molecule has 0 bridgehead atoms. The first-order chi connectivity index (χ1) is 6.20. The van der Waals surface area contributed by atoms with Crippen LogP contribution in [0.1, 0.15) is 36.1 Å². The molecule has 13 heavy (non-hydrogen) atoms. The fourth-order valence-corrected chi connectivity index (χ4v) is 2.11. The molecule has 2 rings (SSSR count). The second-order valence-corrected chi connectivity index (χ2v) is 3.85. The van der Waals surface area contributed by atoms with E-state index in [0.717, 1.165) is 17.7 Å². The van der Waals surface area contributed by atoms with Crippen molar-refractivity contribution in [2.24, 2.45) is 5.73 Å². The van der Waals surface area contributed by atoms with Crippen molar-refractivity contribution in [1.29, 1.82) is 0 Å². The number of rotatable bonds is 1. The lowest BCUT2D eigenvalue weighted by molar-refractivity contribution is 0.819. The number of aryl methyl sites for hydroxylation is 1. The Morgan fingerprint density at radius 3 is 2.77 bits per heavy atom. The molecule has 0 heterocycles. The van der Waals surface area contributed by atoms with E-state index in [1.54, 1.807) is 0 Å². The molecule has 0 spiro atoms.